The maximum atomic E-state index is 6.27. The molecule has 3 heteroatoms. The molecule has 0 amide bonds. The quantitative estimate of drug-likeness (QED) is 0.358. The molecule has 3 atom stereocenters. The molecule has 3 aromatic carbocycles. The Labute approximate surface area is 175 Å². The van der Waals surface area contributed by atoms with Crippen molar-refractivity contribution >= 4 is 29.1 Å². The van der Waals surface area contributed by atoms with E-state index in [4.69, 9.17) is 11.6 Å². The van der Waals surface area contributed by atoms with Gasteiger partial charge in [-0.1, -0.05) is 66.2 Å². The average molecular weight is 404 g/mol. The molecule has 28 heavy (non-hydrogen) atoms. The van der Waals surface area contributed by atoms with E-state index in [0.717, 1.165) is 17.2 Å². The first-order chi connectivity index (χ1) is 13.8. The van der Waals surface area contributed by atoms with Gasteiger partial charge in [0.2, 0.25) is 0 Å². The Hall–Kier alpha value is -2.16. The topological polar surface area (TPSA) is 12.0 Å². The van der Waals surface area contributed by atoms with Gasteiger partial charge in [0, 0.05) is 27.3 Å². The number of benzene rings is 3. The van der Waals surface area contributed by atoms with Gasteiger partial charge in [-0.15, -0.1) is 11.8 Å². The van der Waals surface area contributed by atoms with Gasteiger partial charge in [0.25, 0.3) is 0 Å². The first-order valence-corrected chi connectivity index (χ1v) is 11.1. The van der Waals surface area contributed by atoms with Crippen molar-refractivity contribution in [3.8, 4) is 0 Å². The Morgan fingerprint density at radius 1 is 0.964 bits per heavy atom. The molecule has 140 valence electrons. The van der Waals surface area contributed by atoms with Crippen molar-refractivity contribution < 1.29 is 0 Å². The second-order valence-electron chi connectivity index (χ2n) is 7.55. The lowest BCUT2D eigenvalue weighted by molar-refractivity contribution is 0.425. The number of rotatable bonds is 4. The van der Waals surface area contributed by atoms with E-state index in [0.29, 0.717) is 17.9 Å². The highest BCUT2D eigenvalue weighted by molar-refractivity contribution is 7.98. The molecule has 3 aromatic rings. The Balaban J connectivity index is 1.42. The van der Waals surface area contributed by atoms with Gasteiger partial charge < -0.3 is 5.32 Å². The van der Waals surface area contributed by atoms with Crippen molar-refractivity contribution in [2.75, 3.05) is 5.32 Å². The second kappa shape index (κ2) is 7.69. The summed E-state index contributed by atoms with van der Waals surface area (Å²) in [5.41, 5.74) is 5.35. The van der Waals surface area contributed by atoms with Crippen molar-refractivity contribution in [3.63, 3.8) is 0 Å². The predicted molar refractivity (Wildman–Crippen MR) is 120 cm³/mol. The van der Waals surface area contributed by atoms with Gasteiger partial charge in [-0.2, -0.15) is 0 Å². The summed E-state index contributed by atoms with van der Waals surface area (Å²) in [6, 6.07) is 26.1. The molecule has 0 radical (unpaired) electrons. The van der Waals surface area contributed by atoms with Crippen LogP contribution in [0.25, 0.3) is 0 Å². The van der Waals surface area contributed by atoms with Crippen LogP contribution in [-0.4, -0.2) is 0 Å². The molecule has 1 N–H and O–H groups in total. The normalized spacial score (nSPS) is 22.4. The van der Waals surface area contributed by atoms with E-state index in [-0.39, 0.29) is 0 Å². The third-order valence-electron chi connectivity index (χ3n) is 5.78. The van der Waals surface area contributed by atoms with Gasteiger partial charge in [-0.3, -0.25) is 0 Å². The van der Waals surface area contributed by atoms with Crippen molar-refractivity contribution in [3.05, 3.63) is 107 Å². The van der Waals surface area contributed by atoms with Crippen molar-refractivity contribution in [2.45, 2.75) is 29.0 Å². The van der Waals surface area contributed by atoms with Crippen LogP contribution in [0, 0.1) is 5.92 Å². The molecule has 0 fully saturated rings. The molecule has 0 bridgehead atoms. The van der Waals surface area contributed by atoms with E-state index in [1.807, 2.05) is 17.8 Å². The number of anilines is 1. The van der Waals surface area contributed by atoms with Crippen LogP contribution in [-0.2, 0) is 5.75 Å². The van der Waals surface area contributed by atoms with Crippen LogP contribution in [0.15, 0.2) is 89.8 Å². The minimum absolute atomic E-state index is 0.302. The van der Waals surface area contributed by atoms with Crippen LogP contribution in [0.4, 0.5) is 5.69 Å². The van der Waals surface area contributed by atoms with Crippen molar-refractivity contribution in [1.82, 2.24) is 0 Å². The van der Waals surface area contributed by atoms with Gasteiger partial charge in [0.05, 0.1) is 6.04 Å². The highest BCUT2D eigenvalue weighted by Gasteiger charge is 2.37. The Morgan fingerprint density at radius 2 is 1.86 bits per heavy atom. The molecule has 1 aliphatic carbocycles. The maximum Gasteiger partial charge on any atom is 0.0554 e. The van der Waals surface area contributed by atoms with E-state index in [9.17, 15) is 0 Å². The number of halogens is 1. The van der Waals surface area contributed by atoms with Gasteiger partial charge in [-0.25, -0.2) is 0 Å². The van der Waals surface area contributed by atoms with Crippen LogP contribution in [0.1, 0.15) is 35.1 Å². The lowest BCUT2D eigenvalue weighted by Crippen LogP contribution is -2.29. The van der Waals surface area contributed by atoms with Gasteiger partial charge in [0.15, 0.2) is 0 Å². The third kappa shape index (κ3) is 3.47. The van der Waals surface area contributed by atoms with E-state index < -0.39 is 0 Å². The highest BCUT2D eigenvalue weighted by atomic mass is 35.5. The maximum absolute atomic E-state index is 6.27. The summed E-state index contributed by atoms with van der Waals surface area (Å²) in [6.45, 7) is 0. The second-order valence-corrected chi connectivity index (χ2v) is 9.04. The number of fused-ring (bicyclic) bond motifs is 3. The molecular formula is C25H22ClNS. The van der Waals surface area contributed by atoms with E-state index >= 15 is 0 Å². The van der Waals surface area contributed by atoms with E-state index in [2.05, 4.69) is 84.2 Å². The van der Waals surface area contributed by atoms with E-state index in [1.165, 1.54) is 27.3 Å². The molecule has 2 aliphatic rings. The molecule has 1 nitrogen and oxygen atoms in total. The van der Waals surface area contributed by atoms with Crippen LogP contribution in [0.3, 0.4) is 0 Å². The predicted octanol–water partition coefficient (Wildman–Crippen LogP) is 7.46. The van der Waals surface area contributed by atoms with Crippen molar-refractivity contribution in [2.24, 2.45) is 5.92 Å². The zero-order valence-electron chi connectivity index (χ0n) is 15.5. The summed E-state index contributed by atoms with van der Waals surface area (Å²) in [6.07, 6.45) is 5.85. The fourth-order valence-electron chi connectivity index (χ4n) is 4.45. The molecule has 1 aliphatic heterocycles. The Kier molecular flexibility index (Phi) is 4.92. The van der Waals surface area contributed by atoms with Crippen LogP contribution in [0.2, 0.25) is 5.02 Å². The lowest BCUT2D eigenvalue weighted by Gasteiger charge is -2.38. The zero-order chi connectivity index (χ0) is 18.9. The monoisotopic (exact) mass is 403 g/mol. The summed E-state index contributed by atoms with van der Waals surface area (Å²) in [5, 5.41) is 4.61. The standard InChI is InChI=1S/C25H22ClNS/c26-19-7-4-6-18(15-19)25-22-11-5-10-21(22)23-14-17(12-13-24(23)27-25)16-28-20-8-2-1-3-9-20/h1-10,12-15,21-22,25,27H,11,16H2/t21-,22-,25+/m1/s1. The average Bonchev–Trinajstić information content (AvgIpc) is 3.23. The zero-order valence-corrected chi connectivity index (χ0v) is 17.1. The number of nitrogens with one attached hydrogen (secondary N) is 1. The highest BCUT2D eigenvalue weighted by Crippen LogP contribution is 2.50. The minimum Gasteiger partial charge on any atom is -0.378 e. The molecule has 5 rings (SSSR count). The SMILES string of the molecule is Clc1cccc([C@@H]2Nc3ccc(CSc4ccccc4)cc3[C@@H]3C=CC[C@H]32)c1. The first-order valence-electron chi connectivity index (χ1n) is 9.77. The molecule has 0 aromatic heterocycles. The van der Waals surface area contributed by atoms with Gasteiger partial charge >= 0.3 is 0 Å². The van der Waals surface area contributed by atoms with Crippen LogP contribution in [0.5, 0.6) is 0 Å². The number of allylic oxidation sites excluding steroid dienone is 2. The summed E-state index contributed by atoms with van der Waals surface area (Å²) in [5.74, 6) is 2.01. The van der Waals surface area contributed by atoms with Crippen LogP contribution < -0.4 is 5.32 Å². The summed E-state index contributed by atoms with van der Waals surface area (Å²) < 4.78 is 0. The van der Waals surface area contributed by atoms with Crippen molar-refractivity contribution in [1.29, 1.82) is 0 Å². The first kappa shape index (κ1) is 17.9. The third-order valence-corrected chi connectivity index (χ3v) is 7.10. The Bertz CT molecular complexity index is 1010. The smallest absolute Gasteiger partial charge is 0.0554 e. The van der Waals surface area contributed by atoms with E-state index in [1.54, 1.807) is 0 Å². The number of hydrogen-bond acceptors (Lipinski definition) is 2. The molecule has 0 saturated carbocycles. The fourth-order valence-corrected chi connectivity index (χ4v) is 5.51. The fraction of sp³-hybridized carbons (Fsp3) is 0.200. The molecule has 1 heterocycles. The summed E-state index contributed by atoms with van der Waals surface area (Å²) >= 11 is 8.16. The minimum atomic E-state index is 0.302. The van der Waals surface area contributed by atoms with Crippen LogP contribution >= 0.6 is 23.4 Å². The largest absolute Gasteiger partial charge is 0.378 e. The molecule has 0 unspecified atom stereocenters. The number of thioether (sulfide) groups is 1. The molecule has 0 spiro atoms. The van der Waals surface area contributed by atoms with Gasteiger partial charge in [0.1, 0.15) is 0 Å². The van der Waals surface area contributed by atoms with Gasteiger partial charge in [-0.05, 0) is 59.4 Å². The lowest BCUT2D eigenvalue weighted by atomic mass is 9.76. The number of hydrogen-bond donors (Lipinski definition) is 1. The molecular weight excluding hydrogens is 382 g/mol. The Morgan fingerprint density at radius 3 is 2.71 bits per heavy atom. The molecule has 0 saturated heterocycles. The summed E-state index contributed by atoms with van der Waals surface area (Å²) in [7, 11) is 0. The summed E-state index contributed by atoms with van der Waals surface area (Å²) in [4.78, 5) is 1.32.